The van der Waals surface area contributed by atoms with Crippen LogP contribution in [0.5, 0.6) is 0 Å². The first-order chi connectivity index (χ1) is 12.2. The first-order valence-corrected chi connectivity index (χ1v) is 8.77. The fourth-order valence-corrected chi connectivity index (χ4v) is 2.94. The number of amides is 1. The Kier molecular flexibility index (Phi) is 6.14. The van der Waals surface area contributed by atoms with Crippen molar-refractivity contribution in [3.05, 3.63) is 40.4 Å². The molecule has 134 valence electrons. The quantitative estimate of drug-likeness (QED) is 0.772. The number of fused-ring (bicyclic) bond motifs is 1. The molecule has 3 rings (SSSR count). The van der Waals surface area contributed by atoms with Gasteiger partial charge in [0.2, 0.25) is 5.91 Å². The third-order valence-electron chi connectivity index (χ3n) is 4.33. The fraction of sp³-hybridized carbons (Fsp3) is 0.500. The minimum atomic E-state index is -0.129. The van der Waals surface area contributed by atoms with E-state index in [0.717, 1.165) is 32.8 Å². The van der Waals surface area contributed by atoms with Gasteiger partial charge in [-0.1, -0.05) is 12.1 Å². The molecule has 0 spiro atoms. The lowest BCUT2D eigenvalue weighted by atomic mass is 10.2. The Balaban J connectivity index is 1.40. The zero-order valence-corrected chi connectivity index (χ0v) is 14.3. The molecule has 0 aliphatic carbocycles. The van der Waals surface area contributed by atoms with E-state index in [2.05, 4.69) is 20.2 Å². The van der Waals surface area contributed by atoms with E-state index in [0.29, 0.717) is 42.5 Å². The number of aryl methyl sites for hydroxylation is 1. The van der Waals surface area contributed by atoms with Crippen molar-refractivity contribution < 1.29 is 9.53 Å². The number of ether oxygens (including phenoxy) is 1. The van der Waals surface area contributed by atoms with Crippen LogP contribution < -0.4 is 10.9 Å². The summed E-state index contributed by atoms with van der Waals surface area (Å²) in [4.78, 5) is 33.4. The summed E-state index contributed by atoms with van der Waals surface area (Å²) in [6.07, 6.45) is 1.67. The monoisotopic (exact) mass is 344 g/mol. The molecule has 1 aliphatic heterocycles. The van der Waals surface area contributed by atoms with E-state index in [1.54, 1.807) is 6.07 Å². The molecule has 1 aromatic carbocycles. The molecule has 7 heteroatoms. The van der Waals surface area contributed by atoms with Crippen molar-refractivity contribution in [1.82, 2.24) is 20.2 Å². The lowest BCUT2D eigenvalue weighted by Crippen LogP contribution is -2.41. The minimum absolute atomic E-state index is 0.0383. The molecular formula is C18H24N4O3. The zero-order valence-electron chi connectivity index (χ0n) is 14.3. The van der Waals surface area contributed by atoms with E-state index in [4.69, 9.17) is 4.74 Å². The second-order valence-corrected chi connectivity index (χ2v) is 6.19. The number of aromatic nitrogens is 2. The number of carbonyl (C=O) groups excluding carboxylic acids is 1. The van der Waals surface area contributed by atoms with Crippen molar-refractivity contribution in [2.45, 2.75) is 19.3 Å². The molecule has 1 amide bonds. The van der Waals surface area contributed by atoms with Crippen molar-refractivity contribution >= 4 is 16.8 Å². The van der Waals surface area contributed by atoms with Crippen molar-refractivity contribution in [3.8, 4) is 0 Å². The van der Waals surface area contributed by atoms with Crippen LogP contribution >= 0.6 is 0 Å². The number of aromatic amines is 1. The first-order valence-electron chi connectivity index (χ1n) is 8.77. The van der Waals surface area contributed by atoms with Gasteiger partial charge in [-0.3, -0.25) is 14.5 Å². The summed E-state index contributed by atoms with van der Waals surface area (Å²) in [6.45, 7) is 4.90. The molecule has 25 heavy (non-hydrogen) atoms. The van der Waals surface area contributed by atoms with E-state index in [9.17, 15) is 9.59 Å². The van der Waals surface area contributed by atoms with Crippen LogP contribution in [0.1, 0.15) is 18.7 Å². The van der Waals surface area contributed by atoms with Gasteiger partial charge in [0, 0.05) is 39.0 Å². The van der Waals surface area contributed by atoms with Gasteiger partial charge < -0.3 is 15.0 Å². The molecule has 1 fully saturated rings. The third-order valence-corrected chi connectivity index (χ3v) is 4.33. The van der Waals surface area contributed by atoms with Crippen LogP contribution in [0, 0.1) is 0 Å². The summed E-state index contributed by atoms with van der Waals surface area (Å²) >= 11 is 0. The number of benzene rings is 1. The number of carbonyl (C=O) groups is 1. The number of para-hydroxylation sites is 1. The summed E-state index contributed by atoms with van der Waals surface area (Å²) in [6, 6.07) is 7.26. The molecule has 0 bridgehead atoms. The predicted molar refractivity (Wildman–Crippen MR) is 95.6 cm³/mol. The largest absolute Gasteiger partial charge is 0.379 e. The van der Waals surface area contributed by atoms with Crippen molar-refractivity contribution in [2.24, 2.45) is 0 Å². The maximum atomic E-state index is 12.0. The van der Waals surface area contributed by atoms with Crippen LogP contribution in [0.15, 0.2) is 29.1 Å². The smallest absolute Gasteiger partial charge is 0.258 e. The van der Waals surface area contributed by atoms with Gasteiger partial charge in [-0.05, 0) is 18.6 Å². The van der Waals surface area contributed by atoms with Gasteiger partial charge in [-0.15, -0.1) is 0 Å². The minimum Gasteiger partial charge on any atom is -0.379 e. The van der Waals surface area contributed by atoms with Crippen LogP contribution in [0.4, 0.5) is 0 Å². The summed E-state index contributed by atoms with van der Waals surface area (Å²) in [5, 5.41) is 3.53. The lowest BCUT2D eigenvalue weighted by molar-refractivity contribution is -0.121. The summed E-state index contributed by atoms with van der Waals surface area (Å²) in [5.74, 6) is 0.668. The molecule has 1 aliphatic rings. The summed E-state index contributed by atoms with van der Waals surface area (Å²) in [7, 11) is 0. The molecule has 7 nitrogen and oxygen atoms in total. The van der Waals surface area contributed by atoms with Gasteiger partial charge in [-0.25, -0.2) is 4.98 Å². The molecule has 2 N–H and O–H groups in total. The lowest BCUT2D eigenvalue weighted by Gasteiger charge is -2.26. The van der Waals surface area contributed by atoms with Crippen molar-refractivity contribution in [2.75, 3.05) is 39.4 Å². The number of H-pyrrole nitrogens is 1. The van der Waals surface area contributed by atoms with E-state index >= 15 is 0 Å². The molecule has 0 saturated carbocycles. The highest BCUT2D eigenvalue weighted by Gasteiger charge is 2.10. The molecule has 1 aromatic heterocycles. The second-order valence-electron chi connectivity index (χ2n) is 6.19. The number of morpholine rings is 1. The molecule has 0 atom stereocenters. The first kappa shape index (κ1) is 17.6. The second kappa shape index (κ2) is 8.73. The van der Waals surface area contributed by atoms with Gasteiger partial charge >= 0.3 is 0 Å². The number of hydrogen-bond donors (Lipinski definition) is 2. The van der Waals surface area contributed by atoms with E-state index in [1.165, 1.54) is 0 Å². The SMILES string of the molecule is O=C(CCCc1nc2ccccc2c(=O)[nH]1)NCCN1CCOCC1. The zero-order chi connectivity index (χ0) is 17.5. The Morgan fingerprint density at radius 1 is 1.28 bits per heavy atom. The van der Waals surface area contributed by atoms with Crippen LogP contribution in [0.25, 0.3) is 10.9 Å². The molecule has 0 radical (unpaired) electrons. The van der Waals surface area contributed by atoms with E-state index in [1.807, 2.05) is 18.2 Å². The fourth-order valence-electron chi connectivity index (χ4n) is 2.94. The molecule has 1 saturated heterocycles. The van der Waals surface area contributed by atoms with Crippen LogP contribution in [0.3, 0.4) is 0 Å². The van der Waals surface area contributed by atoms with E-state index < -0.39 is 0 Å². The molecule has 2 heterocycles. The van der Waals surface area contributed by atoms with Crippen molar-refractivity contribution in [3.63, 3.8) is 0 Å². The highest BCUT2D eigenvalue weighted by Crippen LogP contribution is 2.07. The van der Waals surface area contributed by atoms with Gasteiger partial charge in [-0.2, -0.15) is 0 Å². The maximum Gasteiger partial charge on any atom is 0.258 e. The Morgan fingerprint density at radius 2 is 2.08 bits per heavy atom. The average molecular weight is 344 g/mol. The van der Waals surface area contributed by atoms with Gasteiger partial charge in [0.05, 0.1) is 24.1 Å². The average Bonchev–Trinajstić information content (AvgIpc) is 2.63. The van der Waals surface area contributed by atoms with E-state index in [-0.39, 0.29) is 11.5 Å². The summed E-state index contributed by atoms with van der Waals surface area (Å²) < 4.78 is 5.30. The van der Waals surface area contributed by atoms with Crippen LogP contribution in [-0.4, -0.2) is 60.2 Å². The van der Waals surface area contributed by atoms with Crippen molar-refractivity contribution in [1.29, 1.82) is 0 Å². The molecular weight excluding hydrogens is 320 g/mol. The summed E-state index contributed by atoms with van der Waals surface area (Å²) in [5.41, 5.74) is 0.562. The standard InChI is InChI=1S/C18H24N4O3/c23-17(19-8-9-22-10-12-25-13-11-22)7-3-6-16-20-15-5-2-1-4-14(15)18(24)21-16/h1-2,4-5H,3,6-13H2,(H,19,23)(H,20,21,24). The Labute approximate surface area is 146 Å². The number of nitrogens with one attached hydrogen (secondary N) is 2. The Morgan fingerprint density at radius 3 is 2.92 bits per heavy atom. The molecule has 2 aromatic rings. The van der Waals surface area contributed by atoms with Crippen LogP contribution in [-0.2, 0) is 16.0 Å². The number of nitrogens with zero attached hydrogens (tertiary/aromatic N) is 2. The maximum absolute atomic E-state index is 12.0. The third kappa shape index (κ3) is 5.11. The van der Waals surface area contributed by atoms with Gasteiger partial charge in [0.25, 0.3) is 5.56 Å². The number of rotatable bonds is 7. The Hall–Kier alpha value is -2.25. The normalized spacial score (nSPS) is 15.4. The molecule has 0 unspecified atom stereocenters. The van der Waals surface area contributed by atoms with Crippen LogP contribution in [0.2, 0.25) is 0 Å². The topological polar surface area (TPSA) is 87.3 Å². The number of hydrogen-bond acceptors (Lipinski definition) is 5. The van der Waals surface area contributed by atoms with Gasteiger partial charge in [0.1, 0.15) is 5.82 Å². The predicted octanol–water partition coefficient (Wildman–Crippen LogP) is 0.694. The Bertz CT molecular complexity index is 768. The van der Waals surface area contributed by atoms with Gasteiger partial charge in [0.15, 0.2) is 0 Å². The highest BCUT2D eigenvalue weighted by atomic mass is 16.5. The highest BCUT2D eigenvalue weighted by molar-refractivity contribution is 5.77.